The molecule has 19 heavy (non-hydrogen) atoms. The summed E-state index contributed by atoms with van der Waals surface area (Å²) in [7, 11) is 0. The summed E-state index contributed by atoms with van der Waals surface area (Å²) in [4.78, 5) is 13.2. The first-order valence-corrected chi connectivity index (χ1v) is 6.62. The van der Waals surface area contributed by atoms with Crippen molar-refractivity contribution in [2.24, 2.45) is 11.8 Å². The van der Waals surface area contributed by atoms with Gasteiger partial charge < -0.3 is 14.7 Å². The molecular weight excluding hydrogens is 256 g/mol. The fourth-order valence-corrected chi connectivity index (χ4v) is 2.45. The highest BCUT2D eigenvalue weighted by Gasteiger charge is 2.58. The van der Waals surface area contributed by atoms with Gasteiger partial charge in [-0.1, -0.05) is 0 Å². The van der Waals surface area contributed by atoms with E-state index in [-0.39, 0.29) is 25.3 Å². The molecule has 0 radical (unpaired) electrons. The van der Waals surface area contributed by atoms with Gasteiger partial charge in [0, 0.05) is 24.8 Å². The summed E-state index contributed by atoms with van der Waals surface area (Å²) < 4.78 is 30.9. The second-order valence-electron chi connectivity index (χ2n) is 6.61. The molecule has 0 bridgehead atoms. The van der Waals surface area contributed by atoms with Crippen molar-refractivity contribution in [3.8, 4) is 0 Å². The van der Waals surface area contributed by atoms with Crippen molar-refractivity contribution in [1.82, 2.24) is 4.90 Å². The number of hydrogen-bond acceptors (Lipinski definition) is 3. The molecule has 0 spiro atoms. The number of aliphatic hydroxyl groups excluding tert-OH is 1. The Hall–Kier alpha value is -0.910. The van der Waals surface area contributed by atoms with Crippen LogP contribution in [0.5, 0.6) is 0 Å². The minimum atomic E-state index is -2.57. The highest BCUT2D eigenvalue weighted by Crippen LogP contribution is 2.52. The topological polar surface area (TPSA) is 49.8 Å². The van der Waals surface area contributed by atoms with Crippen molar-refractivity contribution < 1.29 is 23.4 Å². The Morgan fingerprint density at radius 1 is 1.42 bits per heavy atom. The van der Waals surface area contributed by atoms with Crippen LogP contribution in [0.3, 0.4) is 0 Å². The van der Waals surface area contributed by atoms with Crippen molar-refractivity contribution in [3.05, 3.63) is 0 Å². The summed E-state index contributed by atoms with van der Waals surface area (Å²) in [5.74, 6) is -3.48. The van der Waals surface area contributed by atoms with Gasteiger partial charge in [-0.25, -0.2) is 13.6 Å². The number of hydrogen-bond donors (Lipinski definition) is 1. The molecule has 1 aliphatic carbocycles. The number of β-amino-alcohol motifs (C(OH)–C–C–N with tert-alkyl or cyclic N) is 1. The fourth-order valence-electron chi connectivity index (χ4n) is 2.45. The summed E-state index contributed by atoms with van der Waals surface area (Å²) in [5, 5.41) is 9.86. The van der Waals surface area contributed by atoms with E-state index in [2.05, 4.69) is 0 Å². The molecule has 1 aliphatic heterocycles. The van der Waals surface area contributed by atoms with Crippen molar-refractivity contribution in [2.45, 2.75) is 51.2 Å². The zero-order chi connectivity index (χ0) is 14.4. The number of carbonyl (C=O) groups excluding carboxylic acids is 1. The van der Waals surface area contributed by atoms with Crippen LogP contribution < -0.4 is 0 Å². The van der Waals surface area contributed by atoms with Crippen LogP contribution in [0.25, 0.3) is 0 Å². The third-order valence-corrected chi connectivity index (χ3v) is 3.60. The van der Waals surface area contributed by atoms with Crippen molar-refractivity contribution in [2.75, 3.05) is 13.1 Å². The average molecular weight is 277 g/mol. The molecule has 110 valence electrons. The second kappa shape index (κ2) is 4.58. The molecular formula is C13H21F2NO3. The lowest BCUT2D eigenvalue weighted by atomic mass is 9.99. The van der Waals surface area contributed by atoms with Gasteiger partial charge in [0.1, 0.15) is 5.60 Å². The highest BCUT2D eigenvalue weighted by molar-refractivity contribution is 5.68. The summed E-state index contributed by atoms with van der Waals surface area (Å²) in [6.45, 7) is 5.75. The van der Waals surface area contributed by atoms with Crippen LogP contribution in [0.2, 0.25) is 0 Å². The van der Waals surface area contributed by atoms with Crippen molar-refractivity contribution in [3.63, 3.8) is 0 Å². The van der Waals surface area contributed by atoms with Gasteiger partial charge in [0.05, 0.1) is 12.6 Å². The van der Waals surface area contributed by atoms with Gasteiger partial charge in [-0.15, -0.1) is 0 Å². The normalized spacial score (nSPS) is 33.4. The number of likely N-dealkylation sites (tertiary alicyclic amines) is 1. The molecule has 1 saturated heterocycles. The predicted octanol–water partition coefficient (Wildman–Crippen LogP) is 2.26. The van der Waals surface area contributed by atoms with Gasteiger partial charge in [-0.3, -0.25) is 0 Å². The predicted molar refractivity (Wildman–Crippen MR) is 65.0 cm³/mol. The van der Waals surface area contributed by atoms with Crippen molar-refractivity contribution >= 4 is 6.09 Å². The monoisotopic (exact) mass is 277 g/mol. The maximum absolute atomic E-state index is 12.9. The molecule has 1 amide bonds. The van der Waals surface area contributed by atoms with E-state index in [1.807, 2.05) is 0 Å². The zero-order valence-corrected chi connectivity index (χ0v) is 11.5. The van der Waals surface area contributed by atoms with Gasteiger partial charge in [0.2, 0.25) is 0 Å². The number of alkyl halides is 2. The van der Waals surface area contributed by atoms with E-state index >= 15 is 0 Å². The maximum atomic E-state index is 12.9. The first-order valence-electron chi connectivity index (χ1n) is 6.62. The minimum absolute atomic E-state index is 0.0946. The number of carbonyl (C=O) groups is 1. The van der Waals surface area contributed by atoms with E-state index in [0.29, 0.717) is 6.54 Å². The third kappa shape index (κ3) is 3.55. The van der Waals surface area contributed by atoms with Gasteiger partial charge in [0.25, 0.3) is 5.92 Å². The van der Waals surface area contributed by atoms with E-state index < -0.39 is 29.6 Å². The van der Waals surface area contributed by atoms with Gasteiger partial charge in [-0.2, -0.15) is 0 Å². The van der Waals surface area contributed by atoms with E-state index in [4.69, 9.17) is 4.74 Å². The molecule has 0 aromatic carbocycles. The van der Waals surface area contributed by atoms with Gasteiger partial charge in [-0.05, 0) is 27.2 Å². The molecule has 3 atom stereocenters. The Morgan fingerprint density at radius 3 is 2.47 bits per heavy atom. The molecule has 2 aliphatic rings. The molecule has 2 fully saturated rings. The number of ether oxygens (including phenoxy) is 1. The highest BCUT2D eigenvalue weighted by atomic mass is 19.3. The van der Waals surface area contributed by atoms with Gasteiger partial charge in [0.15, 0.2) is 0 Å². The smallest absolute Gasteiger partial charge is 0.410 e. The van der Waals surface area contributed by atoms with Crippen LogP contribution >= 0.6 is 0 Å². The number of amides is 1. The number of rotatable bonds is 2. The Bertz CT molecular complexity index is 367. The second-order valence-corrected chi connectivity index (χ2v) is 6.61. The Kier molecular flexibility index (Phi) is 3.49. The number of aliphatic hydroxyl groups is 1. The lowest BCUT2D eigenvalue weighted by Crippen LogP contribution is -2.35. The average Bonchev–Trinajstić information content (AvgIpc) is 2.64. The number of nitrogens with zero attached hydrogens (tertiary/aromatic N) is 1. The van der Waals surface area contributed by atoms with Crippen LogP contribution in [-0.4, -0.2) is 46.8 Å². The first-order chi connectivity index (χ1) is 8.58. The summed E-state index contributed by atoms with van der Waals surface area (Å²) in [6.07, 6.45) is -1.05. The standard InChI is InChI=1S/C13H21F2NO3/c1-12(2,3)19-11(18)16-6-8(10(17)7-16)4-9-5-13(9,14)15/h8-10,17H,4-7H2,1-3H3. The third-order valence-electron chi connectivity index (χ3n) is 3.60. The summed E-state index contributed by atoms with van der Waals surface area (Å²) >= 11 is 0. The summed E-state index contributed by atoms with van der Waals surface area (Å²) in [6, 6.07) is 0. The molecule has 6 heteroatoms. The van der Waals surface area contributed by atoms with Gasteiger partial charge >= 0.3 is 6.09 Å². The summed E-state index contributed by atoms with van der Waals surface area (Å²) in [5.41, 5.74) is -0.594. The SMILES string of the molecule is CC(C)(C)OC(=O)N1CC(O)C(CC2CC2(F)F)C1. The Morgan fingerprint density at radius 2 is 2.00 bits per heavy atom. The maximum Gasteiger partial charge on any atom is 0.410 e. The molecule has 4 nitrogen and oxygen atoms in total. The van der Waals surface area contributed by atoms with Crippen LogP contribution in [0.4, 0.5) is 13.6 Å². The number of halogens is 2. The lowest BCUT2D eigenvalue weighted by Gasteiger charge is -2.24. The quantitative estimate of drug-likeness (QED) is 0.842. The van der Waals surface area contributed by atoms with E-state index in [9.17, 15) is 18.7 Å². The van der Waals surface area contributed by atoms with Crippen molar-refractivity contribution in [1.29, 1.82) is 0 Å². The minimum Gasteiger partial charge on any atom is -0.444 e. The molecule has 1 heterocycles. The van der Waals surface area contributed by atoms with Crippen LogP contribution in [0, 0.1) is 11.8 Å². The first kappa shape index (κ1) is 14.5. The molecule has 1 N–H and O–H groups in total. The molecule has 1 saturated carbocycles. The van der Waals surface area contributed by atoms with E-state index in [1.54, 1.807) is 20.8 Å². The van der Waals surface area contributed by atoms with E-state index in [0.717, 1.165) is 0 Å². The molecule has 0 aromatic heterocycles. The molecule has 2 rings (SSSR count). The van der Waals surface area contributed by atoms with E-state index in [1.165, 1.54) is 4.90 Å². The molecule has 3 unspecified atom stereocenters. The lowest BCUT2D eigenvalue weighted by molar-refractivity contribution is 0.0269. The Balaban J connectivity index is 1.85. The van der Waals surface area contributed by atoms with Crippen LogP contribution in [-0.2, 0) is 4.74 Å². The Labute approximate surface area is 111 Å². The van der Waals surface area contributed by atoms with Crippen LogP contribution in [0.15, 0.2) is 0 Å². The fraction of sp³-hybridized carbons (Fsp3) is 0.923. The molecule has 0 aromatic rings. The van der Waals surface area contributed by atoms with Crippen LogP contribution in [0.1, 0.15) is 33.6 Å². The largest absolute Gasteiger partial charge is 0.444 e. The zero-order valence-electron chi connectivity index (χ0n) is 11.5.